The molecule has 1 aromatic heterocycles. The lowest BCUT2D eigenvalue weighted by atomic mass is 10.1. The maximum absolute atomic E-state index is 12.4. The predicted molar refractivity (Wildman–Crippen MR) is 116 cm³/mol. The summed E-state index contributed by atoms with van der Waals surface area (Å²) >= 11 is 0. The van der Waals surface area contributed by atoms with E-state index in [4.69, 9.17) is 9.15 Å². The molecule has 1 amide bonds. The fraction of sp³-hybridized carbons (Fsp3) is 0.333. The number of ether oxygens (including phenoxy) is 1. The Kier molecular flexibility index (Phi) is 6.57. The smallest absolute Gasteiger partial charge is 0.349 e. The summed E-state index contributed by atoms with van der Waals surface area (Å²) in [6.07, 6.45) is 1.93. The zero-order chi connectivity index (χ0) is 20.8. The van der Waals surface area contributed by atoms with Gasteiger partial charge < -0.3 is 14.5 Å². The normalized spacial score (nSPS) is 17.1. The molecular weight excluding hydrogens is 380 g/mol. The van der Waals surface area contributed by atoms with E-state index in [9.17, 15) is 9.59 Å². The first kappa shape index (κ1) is 20.3. The monoisotopic (exact) mass is 406 g/mol. The van der Waals surface area contributed by atoms with E-state index in [1.165, 1.54) is 5.56 Å². The predicted octanol–water partition coefficient (Wildman–Crippen LogP) is 3.38. The van der Waals surface area contributed by atoms with Crippen LogP contribution in [0.3, 0.4) is 0 Å². The van der Waals surface area contributed by atoms with E-state index in [1.807, 2.05) is 30.3 Å². The van der Waals surface area contributed by atoms with Gasteiger partial charge in [-0.3, -0.25) is 9.69 Å². The van der Waals surface area contributed by atoms with Crippen molar-refractivity contribution in [2.45, 2.75) is 18.9 Å². The van der Waals surface area contributed by atoms with Crippen LogP contribution in [0.4, 0.5) is 0 Å². The van der Waals surface area contributed by atoms with E-state index >= 15 is 0 Å². The van der Waals surface area contributed by atoms with Gasteiger partial charge in [0.2, 0.25) is 0 Å². The van der Waals surface area contributed by atoms with Gasteiger partial charge >= 0.3 is 5.63 Å². The topological polar surface area (TPSA) is 71.8 Å². The van der Waals surface area contributed by atoms with Crippen molar-refractivity contribution < 1.29 is 13.9 Å². The van der Waals surface area contributed by atoms with Gasteiger partial charge in [0.05, 0.1) is 12.7 Å². The molecule has 1 saturated heterocycles. The summed E-state index contributed by atoms with van der Waals surface area (Å²) in [5.41, 5.74) is 1.14. The van der Waals surface area contributed by atoms with E-state index in [0.29, 0.717) is 12.1 Å². The lowest BCUT2D eigenvalue weighted by Gasteiger charge is -2.33. The second kappa shape index (κ2) is 9.69. The Balaban J connectivity index is 1.22. The standard InChI is InChI=1S/C24H26N2O4/c27-23(20-16-19-10-4-5-11-21(19)30-24(20)28)25-12-6-7-13-26-14-15-29-22(17-26)18-8-2-1-3-9-18/h1-5,8-11,16,22H,6-7,12-15,17H2,(H,25,27)/t22-/m0/s1. The lowest BCUT2D eigenvalue weighted by molar-refractivity contribution is -0.0303. The van der Waals surface area contributed by atoms with Crippen molar-refractivity contribution >= 4 is 16.9 Å². The molecule has 6 heteroatoms. The molecule has 3 aromatic rings. The third kappa shape index (κ3) is 4.96. The van der Waals surface area contributed by atoms with Crippen LogP contribution in [0.25, 0.3) is 11.0 Å². The highest BCUT2D eigenvalue weighted by Crippen LogP contribution is 2.22. The number of carbonyl (C=O) groups excluding carboxylic acids is 1. The highest BCUT2D eigenvalue weighted by atomic mass is 16.5. The third-order valence-electron chi connectivity index (χ3n) is 5.39. The molecule has 156 valence electrons. The van der Waals surface area contributed by atoms with Crippen molar-refractivity contribution in [1.29, 1.82) is 0 Å². The zero-order valence-electron chi connectivity index (χ0n) is 16.9. The number of rotatable bonds is 7. The van der Waals surface area contributed by atoms with Gasteiger partial charge in [-0.05, 0) is 37.1 Å². The van der Waals surface area contributed by atoms with E-state index in [0.717, 1.165) is 44.5 Å². The maximum Gasteiger partial charge on any atom is 0.349 e. The molecule has 4 rings (SSSR count). The minimum atomic E-state index is -0.605. The Morgan fingerprint density at radius 2 is 1.87 bits per heavy atom. The highest BCUT2D eigenvalue weighted by molar-refractivity contribution is 5.96. The molecule has 1 N–H and O–H groups in total. The first-order valence-electron chi connectivity index (χ1n) is 10.4. The minimum Gasteiger partial charge on any atom is -0.422 e. The molecule has 30 heavy (non-hydrogen) atoms. The number of para-hydroxylation sites is 1. The number of morpholine rings is 1. The Labute approximate surface area is 175 Å². The molecule has 0 spiro atoms. The quantitative estimate of drug-likeness (QED) is 0.481. The van der Waals surface area contributed by atoms with Crippen molar-refractivity contribution in [3.8, 4) is 0 Å². The van der Waals surface area contributed by atoms with Crippen LogP contribution in [0.1, 0.15) is 34.9 Å². The van der Waals surface area contributed by atoms with Crippen molar-refractivity contribution in [3.63, 3.8) is 0 Å². The minimum absolute atomic E-state index is 0.0487. The van der Waals surface area contributed by atoms with Crippen LogP contribution in [0.2, 0.25) is 0 Å². The summed E-state index contributed by atoms with van der Waals surface area (Å²) < 4.78 is 11.1. The van der Waals surface area contributed by atoms with Gasteiger partial charge in [0.1, 0.15) is 11.1 Å². The Hall–Kier alpha value is -2.96. The average Bonchev–Trinajstić information content (AvgIpc) is 2.79. The van der Waals surface area contributed by atoms with E-state index < -0.39 is 5.63 Å². The second-order valence-electron chi connectivity index (χ2n) is 7.52. The first-order chi connectivity index (χ1) is 14.7. The molecule has 6 nitrogen and oxygen atoms in total. The van der Waals surface area contributed by atoms with Crippen LogP contribution < -0.4 is 10.9 Å². The van der Waals surface area contributed by atoms with Gasteiger partial charge in [0, 0.05) is 25.0 Å². The van der Waals surface area contributed by atoms with Gasteiger partial charge in [0.15, 0.2) is 0 Å². The van der Waals surface area contributed by atoms with Crippen LogP contribution in [0.15, 0.2) is 69.9 Å². The summed E-state index contributed by atoms with van der Waals surface area (Å²) in [4.78, 5) is 26.9. The van der Waals surface area contributed by atoms with Gasteiger partial charge in [-0.2, -0.15) is 0 Å². The molecule has 0 unspecified atom stereocenters. The first-order valence-corrected chi connectivity index (χ1v) is 10.4. The maximum atomic E-state index is 12.4. The number of unbranched alkanes of at least 4 members (excludes halogenated alkanes) is 1. The van der Waals surface area contributed by atoms with Crippen LogP contribution in [-0.2, 0) is 4.74 Å². The van der Waals surface area contributed by atoms with Gasteiger partial charge in [0.25, 0.3) is 5.91 Å². The number of carbonyl (C=O) groups is 1. The fourth-order valence-electron chi connectivity index (χ4n) is 3.75. The summed E-state index contributed by atoms with van der Waals surface area (Å²) in [6, 6.07) is 19.1. The van der Waals surface area contributed by atoms with Crippen LogP contribution in [0, 0.1) is 0 Å². The Bertz CT molecular complexity index is 1050. The van der Waals surface area contributed by atoms with Crippen molar-refractivity contribution in [3.05, 3.63) is 82.2 Å². The lowest BCUT2D eigenvalue weighted by Crippen LogP contribution is -2.39. The molecule has 0 bridgehead atoms. The van der Waals surface area contributed by atoms with Crippen LogP contribution >= 0.6 is 0 Å². The fourth-order valence-corrected chi connectivity index (χ4v) is 3.75. The molecule has 2 aromatic carbocycles. The number of benzene rings is 2. The summed E-state index contributed by atoms with van der Waals surface area (Å²) in [5.74, 6) is -0.384. The number of amides is 1. The molecule has 0 saturated carbocycles. The van der Waals surface area contributed by atoms with Crippen molar-refractivity contribution in [2.24, 2.45) is 0 Å². The number of nitrogens with one attached hydrogen (secondary N) is 1. The van der Waals surface area contributed by atoms with Crippen LogP contribution in [-0.4, -0.2) is 43.6 Å². The number of hydrogen-bond acceptors (Lipinski definition) is 5. The summed E-state index contributed by atoms with van der Waals surface area (Å²) in [7, 11) is 0. The molecule has 0 radical (unpaired) electrons. The van der Waals surface area contributed by atoms with E-state index in [-0.39, 0.29) is 17.6 Å². The molecule has 0 aliphatic carbocycles. The van der Waals surface area contributed by atoms with Crippen LogP contribution in [0.5, 0.6) is 0 Å². The average molecular weight is 406 g/mol. The van der Waals surface area contributed by atoms with E-state index in [2.05, 4.69) is 22.3 Å². The van der Waals surface area contributed by atoms with Gasteiger partial charge in [-0.15, -0.1) is 0 Å². The second-order valence-corrected chi connectivity index (χ2v) is 7.52. The molecule has 1 fully saturated rings. The zero-order valence-corrected chi connectivity index (χ0v) is 16.9. The number of fused-ring (bicyclic) bond motifs is 1. The molecular formula is C24H26N2O4. The Morgan fingerprint density at radius 3 is 2.73 bits per heavy atom. The van der Waals surface area contributed by atoms with Crippen molar-refractivity contribution in [1.82, 2.24) is 10.2 Å². The number of nitrogens with zero attached hydrogens (tertiary/aromatic N) is 1. The van der Waals surface area contributed by atoms with Gasteiger partial charge in [-0.25, -0.2) is 4.79 Å². The molecule has 1 aliphatic rings. The molecule has 1 aliphatic heterocycles. The van der Waals surface area contributed by atoms with Gasteiger partial charge in [-0.1, -0.05) is 48.5 Å². The SMILES string of the molecule is O=C(NCCCCN1CCO[C@H](c2ccccc2)C1)c1cc2ccccc2oc1=O. The number of hydrogen-bond donors (Lipinski definition) is 1. The molecule has 1 atom stereocenters. The summed E-state index contributed by atoms with van der Waals surface area (Å²) in [6.45, 7) is 4.02. The Morgan fingerprint density at radius 1 is 1.07 bits per heavy atom. The molecule has 2 heterocycles. The third-order valence-corrected chi connectivity index (χ3v) is 5.39. The highest BCUT2D eigenvalue weighted by Gasteiger charge is 2.21. The van der Waals surface area contributed by atoms with Crippen molar-refractivity contribution in [2.75, 3.05) is 32.8 Å². The van der Waals surface area contributed by atoms with E-state index in [1.54, 1.807) is 18.2 Å². The largest absolute Gasteiger partial charge is 0.422 e. The summed E-state index contributed by atoms with van der Waals surface area (Å²) in [5, 5.41) is 3.57.